The number of nitrogens with two attached hydrogens (primary N) is 1. The maximum atomic E-state index is 13.0. The molecule has 0 atom stereocenters. The lowest BCUT2D eigenvalue weighted by atomic mass is 10.1. The van der Waals surface area contributed by atoms with Crippen molar-refractivity contribution in [3.05, 3.63) is 24.0 Å². The number of nitrogen functional groups attached to an aromatic ring is 1. The van der Waals surface area contributed by atoms with E-state index in [2.05, 4.69) is 0 Å². The van der Waals surface area contributed by atoms with E-state index in [1.54, 1.807) is 6.07 Å². The van der Waals surface area contributed by atoms with E-state index < -0.39 is 0 Å². The Balaban J connectivity index is 1.92. The minimum absolute atomic E-state index is 0.337. The van der Waals surface area contributed by atoms with Crippen LogP contribution in [0.2, 0.25) is 0 Å². The fourth-order valence-electron chi connectivity index (χ4n) is 2.06. The highest BCUT2D eigenvalue weighted by Gasteiger charge is 2.15. The first-order chi connectivity index (χ1) is 7.24. The van der Waals surface area contributed by atoms with E-state index in [-0.39, 0.29) is 5.82 Å². The molecule has 2 N–H and O–H groups in total. The van der Waals surface area contributed by atoms with Gasteiger partial charge in [-0.2, -0.15) is 0 Å². The fraction of sp³-hybridized carbons (Fsp3) is 0.500. The summed E-state index contributed by atoms with van der Waals surface area (Å²) >= 11 is 0. The Morgan fingerprint density at radius 3 is 2.67 bits per heavy atom. The van der Waals surface area contributed by atoms with Crippen LogP contribution in [-0.4, -0.2) is 6.61 Å². The highest BCUT2D eigenvalue weighted by Crippen LogP contribution is 2.26. The predicted molar refractivity (Wildman–Crippen MR) is 58.3 cm³/mol. The monoisotopic (exact) mass is 209 g/mol. The van der Waals surface area contributed by atoms with Crippen molar-refractivity contribution in [2.75, 3.05) is 12.3 Å². The molecule has 1 aliphatic carbocycles. The zero-order chi connectivity index (χ0) is 10.7. The van der Waals surface area contributed by atoms with E-state index in [0.717, 1.165) is 0 Å². The fourth-order valence-corrected chi connectivity index (χ4v) is 2.06. The number of halogens is 1. The summed E-state index contributed by atoms with van der Waals surface area (Å²) in [6, 6.07) is 4.34. The summed E-state index contributed by atoms with van der Waals surface area (Å²) in [7, 11) is 0. The molecule has 3 heteroatoms. The minimum Gasteiger partial charge on any atom is -0.493 e. The maximum absolute atomic E-state index is 13.0. The van der Waals surface area contributed by atoms with Gasteiger partial charge in [0.1, 0.15) is 11.6 Å². The normalized spacial score (nSPS) is 16.9. The van der Waals surface area contributed by atoms with Crippen molar-refractivity contribution in [3.63, 3.8) is 0 Å². The second kappa shape index (κ2) is 4.51. The third kappa shape index (κ3) is 2.85. The smallest absolute Gasteiger partial charge is 0.128 e. The third-order valence-corrected chi connectivity index (χ3v) is 2.85. The largest absolute Gasteiger partial charge is 0.493 e. The van der Waals surface area contributed by atoms with Crippen LogP contribution in [0.4, 0.5) is 10.1 Å². The lowest BCUT2D eigenvalue weighted by Crippen LogP contribution is -2.08. The van der Waals surface area contributed by atoms with Crippen molar-refractivity contribution in [1.29, 1.82) is 0 Å². The van der Waals surface area contributed by atoms with Gasteiger partial charge in [-0.05, 0) is 24.8 Å². The van der Waals surface area contributed by atoms with Gasteiger partial charge in [0, 0.05) is 17.8 Å². The summed E-state index contributed by atoms with van der Waals surface area (Å²) in [5, 5.41) is 0. The first-order valence-electron chi connectivity index (χ1n) is 5.43. The molecule has 1 saturated carbocycles. The van der Waals surface area contributed by atoms with Crippen LogP contribution in [0, 0.1) is 11.7 Å². The number of benzene rings is 1. The molecule has 0 bridgehead atoms. The van der Waals surface area contributed by atoms with Gasteiger partial charge in [-0.3, -0.25) is 0 Å². The second-order valence-electron chi connectivity index (χ2n) is 4.18. The minimum atomic E-state index is -0.337. The van der Waals surface area contributed by atoms with Crippen LogP contribution < -0.4 is 10.5 Å². The molecule has 2 nitrogen and oxygen atoms in total. The van der Waals surface area contributed by atoms with Crippen molar-refractivity contribution in [2.45, 2.75) is 25.7 Å². The van der Waals surface area contributed by atoms with E-state index >= 15 is 0 Å². The van der Waals surface area contributed by atoms with Gasteiger partial charge >= 0.3 is 0 Å². The van der Waals surface area contributed by atoms with Gasteiger partial charge in [-0.1, -0.05) is 12.8 Å². The summed E-state index contributed by atoms with van der Waals surface area (Å²) in [6.45, 7) is 0.683. The van der Waals surface area contributed by atoms with Gasteiger partial charge in [0.05, 0.1) is 6.61 Å². The quantitative estimate of drug-likeness (QED) is 0.777. The number of rotatable bonds is 3. The summed E-state index contributed by atoms with van der Waals surface area (Å²) in [5.74, 6) is 0.838. The molecule has 1 aromatic rings. The van der Waals surface area contributed by atoms with Crippen LogP contribution in [-0.2, 0) is 0 Å². The number of hydrogen-bond acceptors (Lipinski definition) is 2. The van der Waals surface area contributed by atoms with Crippen molar-refractivity contribution in [2.24, 2.45) is 5.92 Å². The van der Waals surface area contributed by atoms with Crippen molar-refractivity contribution >= 4 is 5.69 Å². The van der Waals surface area contributed by atoms with Crippen LogP contribution in [0.3, 0.4) is 0 Å². The molecule has 0 heterocycles. The Kier molecular flexibility index (Phi) is 3.09. The molecule has 0 spiro atoms. The van der Waals surface area contributed by atoms with Crippen LogP contribution in [0.5, 0.6) is 5.75 Å². The predicted octanol–water partition coefficient (Wildman–Crippen LogP) is 2.98. The maximum Gasteiger partial charge on any atom is 0.128 e. The van der Waals surface area contributed by atoms with Crippen LogP contribution >= 0.6 is 0 Å². The van der Waals surface area contributed by atoms with E-state index in [0.29, 0.717) is 24.0 Å². The molecular formula is C12H16FNO. The molecule has 0 aromatic heterocycles. The molecule has 0 radical (unpaired) electrons. The summed E-state index contributed by atoms with van der Waals surface area (Å²) < 4.78 is 18.5. The van der Waals surface area contributed by atoms with Gasteiger partial charge in [0.2, 0.25) is 0 Å². The average molecular weight is 209 g/mol. The Bertz CT molecular complexity index is 314. The molecule has 1 aromatic carbocycles. The van der Waals surface area contributed by atoms with E-state index in [1.807, 2.05) is 0 Å². The van der Waals surface area contributed by atoms with Crippen LogP contribution in [0.25, 0.3) is 0 Å². The lowest BCUT2D eigenvalue weighted by Gasteiger charge is -2.11. The van der Waals surface area contributed by atoms with Gasteiger partial charge in [-0.25, -0.2) is 4.39 Å². The molecule has 0 aliphatic heterocycles. The van der Waals surface area contributed by atoms with Gasteiger partial charge < -0.3 is 10.5 Å². The second-order valence-corrected chi connectivity index (χ2v) is 4.18. The zero-order valence-corrected chi connectivity index (χ0v) is 8.71. The third-order valence-electron chi connectivity index (χ3n) is 2.85. The highest BCUT2D eigenvalue weighted by molar-refractivity contribution is 5.44. The van der Waals surface area contributed by atoms with Gasteiger partial charge in [0.25, 0.3) is 0 Å². The Labute approximate surface area is 89.2 Å². The van der Waals surface area contributed by atoms with E-state index in [4.69, 9.17) is 10.5 Å². The van der Waals surface area contributed by atoms with Crippen LogP contribution in [0.1, 0.15) is 25.7 Å². The summed E-state index contributed by atoms with van der Waals surface area (Å²) in [5.41, 5.74) is 5.94. The van der Waals surface area contributed by atoms with E-state index in [9.17, 15) is 4.39 Å². The Morgan fingerprint density at radius 2 is 2.00 bits per heavy atom. The molecule has 1 aliphatic rings. The highest BCUT2D eigenvalue weighted by atomic mass is 19.1. The molecule has 1 fully saturated rings. The standard InChI is InChI=1S/C12H16FNO/c13-10-5-11(14)7-12(6-10)15-8-9-3-1-2-4-9/h5-7,9H,1-4,8,14H2. The molecule has 15 heavy (non-hydrogen) atoms. The zero-order valence-electron chi connectivity index (χ0n) is 8.71. The average Bonchev–Trinajstić information content (AvgIpc) is 2.65. The SMILES string of the molecule is Nc1cc(F)cc(OCC2CCCC2)c1. The van der Waals surface area contributed by atoms with Crippen molar-refractivity contribution in [3.8, 4) is 5.75 Å². The van der Waals surface area contributed by atoms with Crippen molar-refractivity contribution < 1.29 is 9.13 Å². The molecular weight excluding hydrogens is 193 g/mol. The van der Waals surface area contributed by atoms with Crippen LogP contribution in [0.15, 0.2) is 18.2 Å². The first-order valence-corrected chi connectivity index (χ1v) is 5.43. The number of hydrogen-bond donors (Lipinski definition) is 1. The molecule has 82 valence electrons. The van der Waals surface area contributed by atoms with Gasteiger partial charge in [-0.15, -0.1) is 0 Å². The molecule has 0 unspecified atom stereocenters. The molecule has 0 saturated heterocycles. The lowest BCUT2D eigenvalue weighted by molar-refractivity contribution is 0.251. The summed E-state index contributed by atoms with van der Waals surface area (Å²) in [6.07, 6.45) is 5.04. The summed E-state index contributed by atoms with van der Waals surface area (Å²) in [4.78, 5) is 0. The van der Waals surface area contributed by atoms with E-state index in [1.165, 1.54) is 37.8 Å². The molecule has 0 amide bonds. The first kappa shape index (κ1) is 10.3. The number of anilines is 1. The number of ether oxygens (including phenoxy) is 1. The topological polar surface area (TPSA) is 35.2 Å². The van der Waals surface area contributed by atoms with Gasteiger partial charge in [0.15, 0.2) is 0 Å². The Hall–Kier alpha value is -1.25. The Morgan fingerprint density at radius 1 is 1.27 bits per heavy atom. The van der Waals surface area contributed by atoms with Crippen molar-refractivity contribution in [1.82, 2.24) is 0 Å². The molecule has 2 rings (SSSR count).